The lowest BCUT2D eigenvalue weighted by Gasteiger charge is -2.26. The van der Waals surface area contributed by atoms with Crippen molar-refractivity contribution in [2.45, 2.75) is 89.1 Å². The number of carbonyl (C=O) groups is 5. The highest BCUT2D eigenvalue weighted by Crippen LogP contribution is 2.52. The number of rotatable bonds is 23. The lowest BCUT2D eigenvalue weighted by molar-refractivity contribution is -0.384. The predicted octanol–water partition coefficient (Wildman–Crippen LogP) is 8.61. The average Bonchev–Trinajstić information content (AvgIpc) is 1.19. The molecule has 3 heterocycles. The fraction of sp³-hybridized carbons (Fsp3) is 0.507. The van der Waals surface area contributed by atoms with Gasteiger partial charge in [0.1, 0.15) is 17.2 Å². The number of nitrogens with zero attached hydrogens (tertiary/aromatic N) is 4. The maximum atomic E-state index is 13.0. The smallest absolute Gasteiger partial charge is 0.497 e. The van der Waals surface area contributed by atoms with Crippen LogP contribution in [0.3, 0.4) is 0 Å². The van der Waals surface area contributed by atoms with Gasteiger partial charge in [-0.3, -0.25) is 29.3 Å². The molecule has 0 spiro atoms. The van der Waals surface area contributed by atoms with Gasteiger partial charge in [0.25, 0.3) is 5.69 Å². The molecule has 27 nitrogen and oxygen atoms in total. The minimum Gasteiger partial charge on any atom is -0.497 e. The third-order valence-electron chi connectivity index (χ3n) is 17.1. The van der Waals surface area contributed by atoms with Gasteiger partial charge < -0.3 is 92.4 Å². The molecule has 5 aliphatic rings. The highest BCUT2D eigenvalue weighted by Gasteiger charge is 2.32. The van der Waals surface area contributed by atoms with Crippen molar-refractivity contribution in [1.82, 2.24) is 20.0 Å². The van der Waals surface area contributed by atoms with Crippen molar-refractivity contribution in [3.05, 3.63) is 105 Å². The number of carbonyl (C=O) groups excluding carboxylic acids is 5. The lowest BCUT2D eigenvalue weighted by Crippen LogP contribution is -2.40. The Morgan fingerprint density at radius 2 is 0.959 bits per heavy atom. The van der Waals surface area contributed by atoms with E-state index in [1.807, 2.05) is 53.4 Å². The van der Waals surface area contributed by atoms with Gasteiger partial charge in [-0.25, -0.2) is 4.79 Å². The van der Waals surface area contributed by atoms with Crippen LogP contribution in [0.5, 0.6) is 51.7 Å². The third kappa shape index (κ3) is 20.9. The molecule has 0 unspecified atom stereocenters. The van der Waals surface area contributed by atoms with Crippen molar-refractivity contribution < 1.29 is 95.6 Å². The number of hydrogen-bond acceptors (Lipinski definition) is 22. The van der Waals surface area contributed by atoms with E-state index >= 15 is 0 Å². The van der Waals surface area contributed by atoms with E-state index in [1.54, 1.807) is 66.7 Å². The number of benzene rings is 5. The quantitative estimate of drug-likeness (QED) is 0.0181. The van der Waals surface area contributed by atoms with Gasteiger partial charge in [-0.05, 0) is 133 Å². The Morgan fingerprint density at radius 3 is 1.41 bits per heavy atom. The van der Waals surface area contributed by atoms with Crippen LogP contribution in [0.2, 0.25) is 0 Å². The summed E-state index contributed by atoms with van der Waals surface area (Å²) in [6.07, 6.45) is 6.03. The van der Waals surface area contributed by atoms with Gasteiger partial charge in [-0.1, -0.05) is 12.1 Å². The Balaban J connectivity index is 0.000000197. The number of ether oxygens (including phenoxy) is 13. The molecule has 27 heteroatoms. The van der Waals surface area contributed by atoms with Crippen molar-refractivity contribution in [3.63, 3.8) is 0 Å². The number of unbranched alkanes of at least 4 members (excludes halogenated alkanes) is 1. The summed E-state index contributed by atoms with van der Waals surface area (Å²) in [6.45, 7) is 7.58. The number of hydrogen-bond donors (Lipinski definition) is 3. The van der Waals surface area contributed by atoms with Crippen LogP contribution in [-0.4, -0.2) is 204 Å². The molecule has 98 heavy (non-hydrogen) atoms. The number of nitro groups is 1. The molecule has 2 aliphatic carbocycles. The molecule has 10 rings (SSSR count). The Labute approximate surface area is 572 Å². The van der Waals surface area contributed by atoms with Crippen LogP contribution < -0.4 is 53.7 Å². The van der Waals surface area contributed by atoms with Crippen molar-refractivity contribution in [1.29, 1.82) is 0 Å². The summed E-state index contributed by atoms with van der Waals surface area (Å²) in [5, 5.41) is 22.3. The molecule has 3 saturated heterocycles. The second kappa shape index (κ2) is 39.3. The maximum Gasteiger partial charge on any atom is 0.513 e. The fourth-order valence-corrected chi connectivity index (χ4v) is 12.0. The van der Waals surface area contributed by atoms with E-state index in [2.05, 4.69) is 5.32 Å². The van der Waals surface area contributed by atoms with E-state index in [0.717, 1.165) is 63.1 Å². The highest BCUT2D eigenvalue weighted by molar-refractivity contribution is 5.85. The number of nitrogens with two attached hydrogens (primary N) is 1. The molecule has 0 radical (unpaired) electrons. The number of aliphatic hydroxyl groups excluding tert-OH is 1. The molecule has 4 N–H and O–H groups in total. The number of nitrogens with one attached hydrogen (secondary N) is 1. The lowest BCUT2D eigenvalue weighted by atomic mass is 9.93. The Bertz CT molecular complexity index is 3440. The molecule has 2 atom stereocenters. The van der Waals surface area contributed by atoms with E-state index in [1.165, 1.54) is 24.3 Å². The third-order valence-corrected chi connectivity index (χ3v) is 17.1. The molecule has 0 bridgehead atoms. The zero-order chi connectivity index (χ0) is 70.5. The fourth-order valence-electron chi connectivity index (χ4n) is 12.0. The predicted molar refractivity (Wildman–Crippen MR) is 362 cm³/mol. The first-order valence-corrected chi connectivity index (χ1v) is 32.9. The summed E-state index contributed by atoms with van der Waals surface area (Å²) < 4.78 is 70.0. The summed E-state index contributed by atoms with van der Waals surface area (Å²) >= 11 is 0. The molecule has 0 saturated carbocycles. The first-order chi connectivity index (χ1) is 47.5. The van der Waals surface area contributed by atoms with Crippen LogP contribution in [0, 0.1) is 10.1 Å². The first-order valence-electron chi connectivity index (χ1n) is 32.9. The zero-order valence-electron chi connectivity index (χ0n) is 57.4. The topological polar surface area (TPSA) is 316 Å². The van der Waals surface area contributed by atoms with E-state index in [0.29, 0.717) is 177 Å². The molecule has 534 valence electrons. The molecule has 3 fully saturated rings. The van der Waals surface area contributed by atoms with Gasteiger partial charge in [0.2, 0.25) is 35.1 Å². The maximum absolute atomic E-state index is 13.0. The number of nitro benzene ring substituents is 1. The van der Waals surface area contributed by atoms with E-state index < -0.39 is 11.1 Å². The van der Waals surface area contributed by atoms with Gasteiger partial charge in [0, 0.05) is 101 Å². The van der Waals surface area contributed by atoms with Crippen molar-refractivity contribution >= 4 is 35.5 Å². The SMILES string of the molecule is COc1ccc2c(c1)[C@@H](N)CCc1cc(OC)c(OC)c(OC)c1-2.COc1ccc2c(c1)[C@@H](NC(=O)CCCCC(=O)N1CCOCC1)CCc1cc(OC)c(OC)c(OC)c1-2.O=C(CCCO)N1CCOCC1.O=C(OCCCC(=O)N1CCOCC1)Oc1ccc([N+](=O)[O-])cc1. The van der Waals surface area contributed by atoms with Crippen LogP contribution in [0.15, 0.2) is 72.8 Å². The molecule has 0 aromatic heterocycles. The number of methoxy groups -OCH3 is 8. The normalized spacial score (nSPS) is 15.9. The van der Waals surface area contributed by atoms with E-state index in [4.69, 9.17) is 72.4 Å². The Hall–Kier alpha value is -9.15. The average molecular weight is 1370 g/mol. The van der Waals surface area contributed by atoms with Crippen LogP contribution in [0.25, 0.3) is 22.3 Å². The first kappa shape index (κ1) is 76.2. The standard InChI is InChI=1S/C29H38N2O7.C19H23NO4.C15H18N2O7.C8H15NO3/c1-34-20-10-11-21-22(18-20)23(12-9-19-17-24(35-2)28(36-3)29(37-4)27(19)21)30-25(32)7-5-6-8-26(33)31-13-15-38-16-14-31;1-21-12-6-7-13-14(10-12)15(20)8-5-11-9-16(22-2)18(23-3)19(24-4)17(11)13;18-14(16-7-10-22-11-8-16)2-1-9-23-15(19)24-13-5-3-12(4-6-13)17(20)21;10-5-1-2-8(11)9-3-6-12-7-4-9/h10-11,17-18,23H,5-9,12-16H2,1-4H3,(H,30,32);6-7,9-10,15H,5,8,20H2,1-4H3;3-6H,1-2,7-11H2;10H,1-7H2/t23-;15-;;/m00../s1. The van der Waals surface area contributed by atoms with Crippen molar-refractivity contribution in [3.8, 4) is 74.0 Å². The number of fused-ring (bicyclic) bond motifs is 6. The van der Waals surface area contributed by atoms with Gasteiger partial charge in [-0.2, -0.15) is 0 Å². The number of aryl methyl sites for hydroxylation is 2. The van der Waals surface area contributed by atoms with E-state index in [-0.39, 0.29) is 66.8 Å². The number of morpholine rings is 3. The van der Waals surface area contributed by atoms with E-state index in [9.17, 15) is 34.1 Å². The summed E-state index contributed by atoms with van der Waals surface area (Å²) in [7, 11) is 13.0. The molecule has 4 amide bonds. The monoisotopic (exact) mass is 1370 g/mol. The molecule has 5 aromatic rings. The highest BCUT2D eigenvalue weighted by atomic mass is 16.7. The van der Waals surface area contributed by atoms with Gasteiger partial charge in [-0.15, -0.1) is 0 Å². The van der Waals surface area contributed by atoms with Crippen molar-refractivity contribution in [2.24, 2.45) is 5.73 Å². The Morgan fingerprint density at radius 1 is 0.531 bits per heavy atom. The molecule has 3 aliphatic heterocycles. The minimum absolute atomic E-state index is 0.00522. The summed E-state index contributed by atoms with van der Waals surface area (Å²) in [5.74, 6) is 5.57. The number of aliphatic hydroxyl groups is 1. The minimum atomic E-state index is -0.914. The van der Waals surface area contributed by atoms with Gasteiger partial charge in [0.15, 0.2) is 23.0 Å². The largest absolute Gasteiger partial charge is 0.513 e. The van der Waals surface area contributed by atoms with Crippen LogP contribution in [0.1, 0.15) is 98.5 Å². The molecular formula is C71H94N6O21. The summed E-state index contributed by atoms with van der Waals surface area (Å²) in [4.78, 5) is 75.4. The van der Waals surface area contributed by atoms with Gasteiger partial charge in [0.05, 0.1) is 114 Å². The molecular weight excluding hydrogens is 1270 g/mol. The second-order valence-corrected chi connectivity index (χ2v) is 23.1. The summed E-state index contributed by atoms with van der Waals surface area (Å²) in [5.41, 5.74) is 14.5. The Kier molecular flexibility index (Phi) is 30.6. The van der Waals surface area contributed by atoms with Gasteiger partial charge >= 0.3 is 6.16 Å². The second-order valence-electron chi connectivity index (χ2n) is 23.1. The molecule has 5 aromatic carbocycles. The summed E-state index contributed by atoms with van der Waals surface area (Å²) in [6, 6.07) is 20.7. The number of non-ortho nitro benzene ring substituents is 1. The van der Waals surface area contributed by atoms with Crippen molar-refractivity contribution in [2.75, 3.05) is 149 Å². The van der Waals surface area contributed by atoms with Crippen LogP contribution in [0.4, 0.5) is 10.5 Å². The van der Waals surface area contributed by atoms with Crippen LogP contribution >= 0.6 is 0 Å². The van der Waals surface area contributed by atoms with Crippen LogP contribution in [-0.2, 0) is 51.0 Å². The number of amides is 4. The zero-order valence-corrected chi connectivity index (χ0v) is 57.4.